The number of likely N-dealkylation sites (N-methyl/N-ethyl adjacent to an activating group) is 1. The number of oxazole rings is 1. The van der Waals surface area contributed by atoms with E-state index in [1.54, 1.807) is 18.9 Å². The van der Waals surface area contributed by atoms with Crippen molar-refractivity contribution in [2.45, 2.75) is 26.4 Å². The average Bonchev–Trinajstić information content (AvgIpc) is 2.88. The van der Waals surface area contributed by atoms with Crippen LogP contribution in [0.5, 0.6) is 0 Å². The molecule has 128 valence electrons. The molecule has 0 N–H and O–H groups in total. The van der Waals surface area contributed by atoms with Crippen molar-refractivity contribution in [2.75, 3.05) is 20.1 Å². The summed E-state index contributed by atoms with van der Waals surface area (Å²) in [4.78, 5) is 20.1. The van der Waals surface area contributed by atoms with E-state index in [-0.39, 0.29) is 23.4 Å². The minimum Gasteiger partial charge on any atom is -0.441 e. The van der Waals surface area contributed by atoms with Crippen LogP contribution in [0.1, 0.15) is 18.4 Å². The van der Waals surface area contributed by atoms with Gasteiger partial charge in [0.2, 0.25) is 11.8 Å². The molecule has 1 atom stereocenters. The standard InChI is InChI=1S/C17H19F2N3O2/c1-10-17(23)21(3)6-7-22(10)9-15-11(2)24-16(20-15)13-5-4-12(18)8-14(13)19/h4-5,8,10H,6-7,9H2,1-3H3/t10-/m0/s1. The highest BCUT2D eigenvalue weighted by molar-refractivity contribution is 5.81. The lowest BCUT2D eigenvalue weighted by atomic mass is 10.1. The van der Waals surface area contributed by atoms with Crippen molar-refractivity contribution in [2.24, 2.45) is 0 Å². The number of nitrogens with zero attached hydrogens (tertiary/aromatic N) is 3. The van der Waals surface area contributed by atoms with E-state index >= 15 is 0 Å². The van der Waals surface area contributed by atoms with Crippen LogP contribution >= 0.6 is 0 Å². The van der Waals surface area contributed by atoms with Gasteiger partial charge in [-0.25, -0.2) is 13.8 Å². The van der Waals surface area contributed by atoms with Crippen LogP contribution in [0.2, 0.25) is 0 Å². The van der Waals surface area contributed by atoms with Crippen LogP contribution < -0.4 is 0 Å². The average molecular weight is 335 g/mol. The molecule has 1 saturated heterocycles. The first-order chi connectivity index (χ1) is 11.4. The number of amides is 1. The molecule has 1 aliphatic heterocycles. The molecule has 2 aromatic rings. The van der Waals surface area contributed by atoms with Crippen molar-refractivity contribution < 1.29 is 18.0 Å². The zero-order chi connectivity index (χ0) is 17.4. The molecule has 1 aliphatic rings. The molecule has 5 nitrogen and oxygen atoms in total. The second-order valence-corrected chi connectivity index (χ2v) is 6.05. The first-order valence-electron chi connectivity index (χ1n) is 7.77. The minimum atomic E-state index is -0.717. The van der Waals surface area contributed by atoms with Crippen LogP contribution in [-0.4, -0.2) is 46.9 Å². The molecule has 1 aromatic heterocycles. The molecular weight excluding hydrogens is 316 g/mol. The second-order valence-electron chi connectivity index (χ2n) is 6.05. The maximum Gasteiger partial charge on any atom is 0.239 e. The van der Waals surface area contributed by atoms with Gasteiger partial charge in [0.1, 0.15) is 17.4 Å². The fourth-order valence-electron chi connectivity index (χ4n) is 2.82. The summed E-state index contributed by atoms with van der Waals surface area (Å²) < 4.78 is 32.5. The Morgan fingerprint density at radius 2 is 2.08 bits per heavy atom. The molecule has 0 saturated carbocycles. The van der Waals surface area contributed by atoms with Crippen LogP contribution in [0.4, 0.5) is 8.78 Å². The predicted octanol–water partition coefficient (Wildman–Crippen LogP) is 2.59. The number of carbonyl (C=O) groups excluding carboxylic acids is 1. The van der Waals surface area contributed by atoms with Gasteiger partial charge in [-0.2, -0.15) is 0 Å². The molecule has 3 rings (SSSR count). The van der Waals surface area contributed by atoms with E-state index in [0.717, 1.165) is 12.6 Å². The van der Waals surface area contributed by atoms with Crippen molar-refractivity contribution >= 4 is 5.91 Å². The van der Waals surface area contributed by atoms with Crippen LogP contribution in [0.15, 0.2) is 22.6 Å². The maximum absolute atomic E-state index is 13.9. The Labute approximate surface area is 138 Å². The van der Waals surface area contributed by atoms with E-state index in [2.05, 4.69) is 4.98 Å². The first kappa shape index (κ1) is 16.6. The smallest absolute Gasteiger partial charge is 0.239 e. The molecule has 0 bridgehead atoms. The largest absolute Gasteiger partial charge is 0.441 e. The summed E-state index contributed by atoms with van der Waals surface area (Å²) >= 11 is 0. The quantitative estimate of drug-likeness (QED) is 0.865. The fraction of sp³-hybridized carbons (Fsp3) is 0.412. The minimum absolute atomic E-state index is 0.0622. The summed E-state index contributed by atoms with van der Waals surface area (Å²) in [5.41, 5.74) is 0.770. The Bertz CT molecular complexity index is 775. The van der Waals surface area contributed by atoms with Crippen molar-refractivity contribution in [3.63, 3.8) is 0 Å². The number of benzene rings is 1. The van der Waals surface area contributed by atoms with Crippen LogP contribution in [0.3, 0.4) is 0 Å². The third-order valence-corrected chi connectivity index (χ3v) is 4.41. The molecule has 0 radical (unpaired) electrons. The van der Waals surface area contributed by atoms with Gasteiger partial charge in [-0.3, -0.25) is 9.69 Å². The number of rotatable bonds is 3. The molecule has 1 fully saturated rings. The SMILES string of the molecule is Cc1oc(-c2ccc(F)cc2F)nc1CN1CCN(C)C(=O)[C@@H]1C. The normalized spacial score (nSPS) is 19.1. The Kier molecular flexibility index (Phi) is 4.36. The van der Waals surface area contributed by atoms with Crippen molar-refractivity contribution in [1.82, 2.24) is 14.8 Å². The molecule has 1 aromatic carbocycles. The third kappa shape index (κ3) is 3.03. The Morgan fingerprint density at radius 1 is 1.33 bits per heavy atom. The third-order valence-electron chi connectivity index (χ3n) is 4.41. The van der Waals surface area contributed by atoms with Gasteiger partial charge in [0, 0.05) is 32.7 Å². The molecular formula is C17H19F2N3O2. The lowest BCUT2D eigenvalue weighted by Gasteiger charge is -2.36. The maximum atomic E-state index is 13.9. The van der Waals surface area contributed by atoms with E-state index in [1.165, 1.54) is 12.1 Å². The Hall–Kier alpha value is -2.28. The van der Waals surface area contributed by atoms with Gasteiger partial charge in [0.05, 0.1) is 17.3 Å². The highest BCUT2D eigenvalue weighted by Gasteiger charge is 2.30. The topological polar surface area (TPSA) is 49.6 Å². The summed E-state index contributed by atoms with van der Waals surface area (Å²) in [7, 11) is 1.78. The molecule has 0 spiro atoms. The highest BCUT2D eigenvalue weighted by Crippen LogP contribution is 2.26. The summed E-state index contributed by atoms with van der Waals surface area (Å²) in [6.45, 7) is 5.43. The van der Waals surface area contributed by atoms with E-state index < -0.39 is 11.6 Å². The van der Waals surface area contributed by atoms with Gasteiger partial charge in [0.25, 0.3) is 0 Å². The lowest BCUT2D eigenvalue weighted by Crippen LogP contribution is -2.53. The number of hydrogen-bond donors (Lipinski definition) is 0. The van der Waals surface area contributed by atoms with Crippen molar-refractivity contribution in [1.29, 1.82) is 0 Å². The molecule has 0 unspecified atom stereocenters. The van der Waals surface area contributed by atoms with E-state index in [0.29, 0.717) is 24.5 Å². The summed E-state index contributed by atoms with van der Waals surface area (Å²) in [5.74, 6) is -0.622. The van der Waals surface area contributed by atoms with Crippen LogP contribution in [0, 0.1) is 18.6 Å². The lowest BCUT2D eigenvalue weighted by molar-refractivity contribution is -0.139. The Morgan fingerprint density at radius 3 is 2.79 bits per heavy atom. The Balaban J connectivity index is 1.83. The van der Waals surface area contributed by atoms with Gasteiger partial charge in [0.15, 0.2) is 0 Å². The molecule has 0 aliphatic carbocycles. The van der Waals surface area contributed by atoms with Gasteiger partial charge < -0.3 is 9.32 Å². The predicted molar refractivity (Wildman–Crippen MR) is 84.1 cm³/mol. The van der Waals surface area contributed by atoms with E-state index in [9.17, 15) is 13.6 Å². The van der Waals surface area contributed by atoms with Crippen molar-refractivity contribution in [3.8, 4) is 11.5 Å². The van der Waals surface area contributed by atoms with Gasteiger partial charge in [-0.05, 0) is 26.0 Å². The number of aryl methyl sites for hydroxylation is 1. The highest BCUT2D eigenvalue weighted by atomic mass is 19.1. The first-order valence-corrected chi connectivity index (χ1v) is 7.77. The van der Waals surface area contributed by atoms with Crippen molar-refractivity contribution in [3.05, 3.63) is 41.3 Å². The van der Waals surface area contributed by atoms with E-state index in [1.807, 2.05) is 11.8 Å². The molecule has 24 heavy (non-hydrogen) atoms. The summed E-state index contributed by atoms with van der Waals surface area (Å²) in [6, 6.07) is 3.03. The number of aromatic nitrogens is 1. The number of piperazine rings is 1. The van der Waals surface area contributed by atoms with Crippen LogP contribution in [-0.2, 0) is 11.3 Å². The summed E-state index contributed by atoms with van der Waals surface area (Å²) in [6.07, 6.45) is 0. The summed E-state index contributed by atoms with van der Waals surface area (Å²) in [5, 5.41) is 0. The van der Waals surface area contributed by atoms with Gasteiger partial charge in [-0.15, -0.1) is 0 Å². The monoisotopic (exact) mass is 335 g/mol. The van der Waals surface area contributed by atoms with E-state index in [4.69, 9.17) is 4.42 Å². The van der Waals surface area contributed by atoms with Gasteiger partial charge in [-0.1, -0.05) is 0 Å². The molecule has 7 heteroatoms. The van der Waals surface area contributed by atoms with Crippen LogP contribution in [0.25, 0.3) is 11.5 Å². The van der Waals surface area contributed by atoms with Gasteiger partial charge >= 0.3 is 0 Å². The number of hydrogen-bond acceptors (Lipinski definition) is 4. The zero-order valence-corrected chi connectivity index (χ0v) is 13.8. The molecule has 2 heterocycles. The second kappa shape index (κ2) is 6.32. The number of halogens is 2. The fourth-order valence-corrected chi connectivity index (χ4v) is 2.82. The number of carbonyl (C=O) groups is 1. The molecule has 1 amide bonds. The zero-order valence-electron chi connectivity index (χ0n) is 13.8.